The van der Waals surface area contributed by atoms with Gasteiger partial charge in [-0.2, -0.15) is 0 Å². The number of nitrogens with one attached hydrogen (secondary N) is 1. The molecule has 4 atom stereocenters. The van der Waals surface area contributed by atoms with Gasteiger partial charge in [0, 0.05) is 37.5 Å². The van der Waals surface area contributed by atoms with Crippen molar-refractivity contribution in [3.05, 3.63) is 30.1 Å². The van der Waals surface area contributed by atoms with E-state index < -0.39 is 12.2 Å². The maximum atomic E-state index is 9.80. The zero-order valence-electron chi connectivity index (χ0n) is 9.53. The van der Waals surface area contributed by atoms with Crippen LogP contribution in [0.5, 0.6) is 0 Å². The molecule has 1 aromatic heterocycles. The second-order valence-corrected chi connectivity index (χ2v) is 4.51. The van der Waals surface area contributed by atoms with Crippen molar-refractivity contribution in [3.8, 4) is 0 Å². The lowest BCUT2D eigenvalue weighted by Crippen LogP contribution is -2.39. The molecule has 17 heavy (non-hydrogen) atoms. The van der Waals surface area contributed by atoms with Crippen molar-refractivity contribution in [1.82, 2.24) is 10.3 Å². The van der Waals surface area contributed by atoms with Crippen LogP contribution in [0, 0.1) is 5.92 Å². The molecule has 4 N–H and O–H groups in total. The summed E-state index contributed by atoms with van der Waals surface area (Å²) in [5, 5.41) is 31.7. The topological polar surface area (TPSA) is 85.6 Å². The van der Waals surface area contributed by atoms with Crippen molar-refractivity contribution < 1.29 is 15.3 Å². The largest absolute Gasteiger partial charge is 0.396 e. The minimum Gasteiger partial charge on any atom is -0.396 e. The first kappa shape index (κ1) is 12.4. The van der Waals surface area contributed by atoms with Crippen LogP contribution in [-0.4, -0.2) is 45.2 Å². The van der Waals surface area contributed by atoms with Crippen LogP contribution >= 0.6 is 0 Å². The molecule has 2 rings (SSSR count). The number of hydrogen-bond acceptors (Lipinski definition) is 5. The van der Waals surface area contributed by atoms with Gasteiger partial charge in [-0.05, 0) is 18.1 Å². The molecule has 0 saturated heterocycles. The zero-order chi connectivity index (χ0) is 12.3. The van der Waals surface area contributed by atoms with Gasteiger partial charge >= 0.3 is 0 Å². The number of nitrogens with zero attached hydrogens (tertiary/aromatic N) is 1. The Morgan fingerprint density at radius 2 is 2.18 bits per heavy atom. The van der Waals surface area contributed by atoms with E-state index in [1.165, 1.54) is 0 Å². The summed E-state index contributed by atoms with van der Waals surface area (Å²) in [5.41, 5.74) is 1.03. The lowest BCUT2D eigenvalue weighted by molar-refractivity contribution is -0.000339. The van der Waals surface area contributed by atoms with E-state index in [-0.39, 0.29) is 18.6 Å². The maximum Gasteiger partial charge on any atom is 0.0955 e. The first-order valence-electron chi connectivity index (χ1n) is 5.81. The van der Waals surface area contributed by atoms with Gasteiger partial charge in [-0.15, -0.1) is 0 Å². The average Bonchev–Trinajstić information content (AvgIpc) is 2.65. The predicted octanol–water partition coefficient (Wildman–Crippen LogP) is -0.726. The number of rotatable bonds is 4. The summed E-state index contributed by atoms with van der Waals surface area (Å²) in [4.78, 5) is 4.00. The minimum absolute atomic E-state index is 0.0939. The van der Waals surface area contributed by atoms with Crippen molar-refractivity contribution in [2.45, 2.75) is 31.2 Å². The van der Waals surface area contributed by atoms with Gasteiger partial charge < -0.3 is 20.6 Å². The SMILES string of the molecule is OC[C@H]1C[C@@H](NCc2cccnc2)[C@H](O)[C@@H]1O. The highest BCUT2D eigenvalue weighted by atomic mass is 16.3. The van der Waals surface area contributed by atoms with Gasteiger partial charge in [-0.1, -0.05) is 6.07 Å². The third-order valence-electron chi connectivity index (χ3n) is 3.33. The van der Waals surface area contributed by atoms with E-state index in [0.717, 1.165) is 5.56 Å². The summed E-state index contributed by atoms with van der Waals surface area (Å²) in [5.74, 6) is -0.239. The van der Waals surface area contributed by atoms with Crippen LogP contribution in [0.1, 0.15) is 12.0 Å². The fourth-order valence-corrected chi connectivity index (χ4v) is 2.26. The van der Waals surface area contributed by atoms with Crippen molar-refractivity contribution in [3.63, 3.8) is 0 Å². The molecule has 5 nitrogen and oxygen atoms in total. The molecule has 0 aliphatic heterocycles. The van der Waals surface area contributed by atoms with E-state index in [0.29, 0.717) is 13.0 Å². The molecular weight excluding hydrogens is 220 g/mol. The van der Waals surface area contributed by atoms with Crippen molar-refractivity contribution in [2.24, 2.45) is 5.92 Å². The van der Waals surface area contributed by atoms with Crippen LogP contribution in [0.2, 0.25) is 0 Å². The monoisotopic (exact) mass is 238 g/mol. The van der Waals surface area contributed by atoms with Gasteiger partial charge in [0.1, 0.15) is 0 Å². The molecule has 1 saturated carbocycles. The molecule has 94 valence electrons. The Labute approximate surface area is 100 Å². The Balaban J connectivity index is 1.88. The average molecular weight is 238 g/mol. The summed E-state index contributed by atoms with van der Waals surface area (Å²) in [6.45, 7) is 0.504. The van der Waals surface area contributed by atoms with Crippen molar-refractivity contribution in [1.29, 1.82) is 0 Å². The molecule has 5 heteroatoms. The highest BCUT2D eigenvalue weighted by Crippen LogP contribution is 2.26. The predicted molar refractivity (Wildman–Crippen MR) is 62.1 cm³/mol. The van der Waals surface area contributed by atoms with Gasteiger partial charge in [0.25, 0.3) is 0 Å². The van der Waals surface area contributed by atoms with Crippen LogP contribution < -0.4 is 5.32 Å². The summed E-state index contributed by atoms with van der Waals surface area (Å²) in [6, 6.07) is 3.62. The fraction of sp³-hybridized carbons (Fsp3) is 0.583. The molecule has 0 unspecified atom stereocenters. The molecule has 1 aliphatic rings. The van der Waals surface area contributed by atoms with E-state index >= 15 is 0 Å². The summed E-state index contributed by atoms with van der Waals surface area (Å²) < 4.78 is 0. The standard InChI is InChI=1S/C12H18N2O3/c15-7-9-4-10(12(17)11(9)16)14-6-8-2-1-3-13-5-8/h1-3,5,9-12,14-17H,4,6-7H2/t9-,10-,11-,12+/m1/s1. The van der Waals surface area contributed by atoms with Crippen LogP contribution in [0.25, 0.3) is 0 Å². The number of aliphatic hydroxyl groups excluding tert-OH is 3. The van der Waals surface area contributed by atoms with E-state index in [9.17, 15) is 10.2 Å². The molecule has 0 aromatic carbocycles. The van der Waals surface area contributed by atoms with Gasteiger partial charge in [-0.25, -0.2) is 0 Å². The molecular formula is C12H18N2O3. The molecule has 1 heterocycles. The Morgan fingerprint density at radius 3 is 2.76 bits per heavy atom. The first-order valence-corrected chi connectivity index (χ1v) is 5.81. The highest BCUT2D eigenvalue weighted by Gasteiger charge is 2.40. The van der Waals surface area contributed by atoms with E-state index in [1.54, 1.807) is 12.4 Å². The van der Waals surface area contributed by atoms with Gasteiger partial charge in [-0.3, -0.25) is 4.98 Å². The van der Waals surface area contributed by atoms with Crippen LogP contribution in [-0.2, 0) is 6.54 Å². The Morgan fingerprint density at radius 1 is 1.35 bits per heavy atom. The summed E-state index contributed by atoms with van der Waals surface area (Å²) in [6.07, 6.45) is 2.39. The molecule has 0 radical (unpaired) electrons. The van der Waals surface area contributed by atoms with Gasteiger partial charge in [0.15, 0.2) is 0 Å². The third kappa shape index (κ3) is 2.81. The second-order valence-electron chi connectivity index (χ2n) is 4.51. The Bertz CT molecular complexity index is 347. The second kappa shape index (κ2) is 5.55. The van der Waals surface area contributed by atoms with Crippen LogP contribution in [0.3, 0.4) is 0 Å². The third-order valence-corrected chi connectivity index (χ3v) is 3.33. The number of hydrogen-bond donors (Lipinski definition) is 4. The zero-order valence-corrected chi connectivity index (χ0v) is 9.53. The number of aromatic nitrogens is 1. The molecule has 0 amide bonds. The molecule has 1 aliphatic carbocycles. The van der Waals surface area contributed by atoms with Crippen LogP contribution in [0.15, 0.2) is 24.5 Å². The molecule has 1 aromatic rings. The Hall–Kier alpha value is -1.01. The quantitative estimate of drug-likeness (QED) is 0.556. The van der Waals surface area contributed by atoms with Gasteiger partial charge in [0.05, 0.1) is 12.2 Å². The number of pyridine rings is 1. The smallest absolute Gasteiger partial charge is 0.0955 e. The van der Waals surface area contributed by atoms with E-state index in [2.05, 4.69) is 10.3 Å². The normalized spacial score (nSPS) is 32.9. The van der Waals surface area contributed by atoms with Gasteiger partial charge in [0.2, 0.25) is 0 Å². The van der Waals surface area contributed by atoms with Crippen LogP contribution in [0.4, 0.5) is 0 Å². The van der Waals surface area contributed by atoms with Crippen molar-refractivity contribution >= 4 is 0 Å². The fourth-order valence-electron chi connectivity index (χ4n) is 2.26. The lowest BCUT2D eigenvalue weighted by Gasteiger charge is -2.17. The molecule has 0 spiro atoms. The summed E-state index contributed by atoms with van der Waals surface area (Å²) >= 11 is 0. The minimum atomic E-state index is -0.841. The summed E-state index contributed by atoms with van der Waals surface area (Å²) in [7, 11) is 0. The first-order chi connectivity index (χ1) is 8.22. The number of aliphatic hydroxyl groups is 3. The lowest BCUT2D eigenvalue weighted by atomic mass is 10.1. The Kier molecular flexibility index (Phi) is 4.06. The maximum absolute atomic E-state index is 9.80. The van der Waals surface area contributed by atoms with Crippen molar-refractivity contribution in [2.75, 3.05) is 6.61 Å². The molecule has 1 fully saturated rings. The highest BCUT2D eigenvalue weighted by molar-refractivity contribution is 5.08. The van der Waals surface area contributed by atoms with E-state index in [4.69, 9.17) is 5.11 Å². The molecule has 0 bridgehead atoms. The van der Waals surface area contributed by atoms with E-state index in [1.807, 2.05) is 12.1 Å².